The predicted molar refractivity (Wildman–Crippen MR) is 265 cm³/mol. The molecule has 2 heterocycles. The van der Waals surface area contributed by atoms with E-state index in [2.05, 4.69) is 13.8 Å². The number of aliphatic hydroxyl groups is 3. The summed E-state index contributed by atoms with van der Waals surface area (Å²) in [5, 5.41) is 37.0. The van der Waals surface area contributed by atoms with E-state index in [9.17, 15) is 29.7 Å². The average Bonchev–Trinajstić information content (AvgIpc) is 3.82. The van der Waals surface area contributed by atoms with Gasteiger partial charge in [-0.3, -0.25) is 4.79 Å². The first-order valence-corrected chi connectivity index (χ1v) is 31.6. The highest BCUT2D eigenvalue weighted by atomic mass is 28.4. The molecule has 2 aromatic rings. The Morgan fingerprint density at radius 1 is 0.638 bits per heavy atom. The van der Waals surface area contributed by atoms with Crippen molar-refractivity contribution in [2.45, 2.75) is 199 Å². The fourth-order valence-electron chi connectivity index (χ4n) is 12.5. The molecule has 4 aliphatic carbocycles. The van der Waals surface area contributed by atoms with Crippen LogP contribution in [0.5, 0.6) is 0 Å². The van der Waals surface area contributed by atoms with E-state index >= 15 is 0 Å². The lowest BCUT2D eigenvalue weighted by Gasteiger charge is -2.45. The summed E-state index contributed by atoms with van der Waals surface area (Å²) in [7, 11) is -4.62. The normalized spacial score (nSPS) is 39.6. The van der Waals surface area contributed by atoms with E-state index < -0.39 is 92.6 Å². The topological polar surface area (TPSA) is 177 Å². The molecule has 8 rings (SSSR count). The summed E-state index contributed by atoms with van der Waals surface area (Å²) in [5.74, 6) is -1.57. The van der Waals surface area contributed by atoms with Gasteiger partial charge in [-0.25, -0.2) is 9.59 Å². The van der Waals surface area contributed by atoms with Crippen LogP contribution in [0.1, 0.15) is 99.1 Å². The number of ether oxygens (including phenoxy) is 5. The van der Waals surface area contributed by atoms with E-state index in [0.717, 1.165) is 46.3 Å². The molecule has 13 nitrogen and oxygen atoms in total. The third kappa shape index (κ3) is 9.42. The number of esters is 3. The molecule has 69 heavy (non-hydrogen) atoms. The molecule has 3 N–H and O–H groups in total. The number of carbonyl (C=O) groups excluding carboxylic acids is 3. The Bertz CT molecular complexity index is 2340. The van der Waals surface area contributed by atoms with Crippen LogP contribution >= 0.6 is 0 Å². The molecule has 6 aliphatic rings. The van der Waals surface area contributed by atoms with Gasteiger partial charge in [-0.1, -0.05) is 85.7 Å². The van der Waals surface area contributed by atoms with Gasteiger partial charge in [0.1, 0.15) is 5.60 Å². The third-order valence-corrected chi connectivity index (χ3v) is 18.1. The zero-order chi connectivity index (χ0) is 51.1. The number of rotatable bonds is 11. The minimum atomic E-state index is -2.34. The lowest BCUT2D eigenvalue weighted by Crippen LogP contribution is -2.67. The van der Waals surface area contributed by atoms with Crippen molar-refractivity contribution < 1.29 is 62.2 Å². The van der Waals surface area contributed by atoms with Gasteiger partial charge in [0, 0.05) is 31.6 Å². The van der Waals surface area contributed by atoms with Gasteiger partial charge in [-0.2, -0.15) is 0 Å². The minimum absolute atomic E-state index is 0.169. The van der Waals surface area contributed by atoms with Crippen LogP contribution in [0.15, 0.2) is 83.0 Å². The highest BCUT2D eigenvalue weighted by Gasteiger charge is 2.76. The number of allylic oxidation sites excluding steroid dienone is 2. The van der Waals surface area contributed by atoms with Gasteiger partial charge in [0.25, 0.3) is 0 Å². The summed E-state index contributed by atoms with van der Waals surface area (Å²) in [6, 6.07) is 19.4. The molecule has 0 spiro atoms. The zero-order valence-corrected chi connectivity index (χ0v) is 45.6. The largest absolute Gasteiger partial charge is 0.459 e. The van der Waals surface area contributed by atoms with E-state index in [-0.39, 0.29) is 49.7 Å². The van der Waals surface area contributed by atoms with Gasteiger partial charge in [0.15, 0.2) is 51.2 Å². The second-order valence-corrected chi connectivity index (χ2v) is 32.5. The van der Waals surface area contributed by atoms with Crippen LogP contribution in [0.3, 0.4) is 0 Å². The summed E-state index contributed by atoms with van der Waals surface area (Å²) in [4.78, 5) is 39.2. The SMILES string of the molecule is CC(=O)O[C@@]1(C)C[C@@H](OCc2ccccc2)[C@@]2(O)[C@@H](OC(=O)[C@@]2(C)O[Si](C)(C)C)C2=C(C)[C@H](C)C[C@@H]21.CC1=C2[C@@H]3OC(=O)[C@@](C)(O[Si](C)(C)C)[C@@]3(O)[C@H](OCc3ccccc3)C[C@](C)(O)[C@H]2C[C@H]1C. The van der Waals surface area contributed by atoms with Crippen LogP contribution in [0.2, 0.25) is 39.3 Å². The maximum Gasteiger partial charge on any atom is 0.341 e. The zero-order valence-electron chi connectivity index (χ0n) is 43.6. The second-order valence-electron chi connectivity index (χ2n) is 23.6. The van der Waals surface area contributed by atoms with Crippen molar-refractivity contribution >= 4 is 34.5 Å². The van der Waals surface area contributed by atoms with Crippen LogP contribution in [-0.4, -0.2) is 108 Å². The fraction of sp³-hybridized carbons (Fsp3) is 0.648. The molecular formula is C54H78O13Si2. The van der Waals surface area contributed by atoms with E-state index in [1.54, 1.807) is 13.8 Å². The van der Waals surface area contributed by atoms with E-state index in [0.29, 0.717) is 0 Å². The van der Waals surface area contributed by atoms with Crippen LogP contribution in [-0.2, 0) is 60.1 Å². The first-order valence-electron chi connectivity index (χ1n) is 24.7. The fourth-order valence-corrected chi connectivity index (χ4v) is 15.5. The Hall–Kier alpha value is -3.52. The van der Waals surface area contributed by atoms with E-state index in [4.69, 9.17) is 32.5 Å². The van der Waals surface area contributed by atoms with Gasteiger partial charge in [0.2, 0.25) is 0 Å². The van der Waals surface area contributed by atoms with Crippen molar-refractivity contribution in [3.8, 4) is 0 Å². The molecule has 0 unspecified atom stereocenters. The van der Waals surface area contributed by atoms with Crippen LogP contribution in [0, 0.1) is 23.7 Å². The Morgan fingerprint density at radius 2 is 1.01 bits per heavy atom. The van der Waals surface area contributed by atoms with E-state index in [1.165, 1.54) is 6.92 Å². The molecule has 0 amide bonds. The second kappa shape index (κ2) is 18.5. The summed E-state index contributed by atoms with van der Waals surface area (Å²) < 4.78 is 43.8. The lowest BCUT2D eigenvalue weighted by molar-refractivity contribution is -0.206. The summed E-state index contributed by atoms with van der Waals surface area (Å²) in [5.41, 5.74) is -3.28. The molecule has 2 saturated carbocycles. The van der Waals surface area contributed by atoms with Crippen LogP contribution < -0.4 is 0 Å². The molecule has 4 fully saturated rings. The highest BCUT2D eigenvalue weighted by molar-refractivity contribution is 6.70. The highest BCUT2D eigenvalue weighted by Crippen LogP contribution is 2.60. The number of benzene rings is 2. The van der Waals surface area contributed by atoms with Crippen LogP contribution in [0.25, 0.3) is 0 Å². The van der Waals surface area contributed by atoms with Gasteiger partial charge in [-0.05, 0) is 128 Å². The molecule has 14 atom stereocenters. The molecule has 0 aromatic heterocycles. The standard InChI is InChI=1S/C28H40O7Si.C26H38O6Si/c1-17-14-21-23(18(17)2)24-28(31,27(5,25(30)33-24)35-36(6,7)8)22(15-26(21,4)34-19(3)29)32-16-20-12-10-9-11-13-20;1-16-13-19-21(17(16)2)22-26(29,25(4,23(27)31-22)32-33(5,6)7)20(14-24(19,3)28)30-15-18-11-9-8-10-12-18/h9-13,17,21-22,24,31H,14-16H2,1-8H3;8-12,16,19-20,22,28-29H,13-15H2,1-7H3/t17-,21+,22-,24+,26+,27-,28-;16-,19+,20-,22+,24+,25-,26-/m11/s1. The molecule has 2 saturated heterocycles. The molecule has 380 valence electrons. The molecule has 0 bridgehead atoms. The van der Waals surface area contributed by atoms with Crippen molar-refractivity contribution in [1.82, 2.24) is 0 Å². The maximum absolute atomic E-state index is 13.5. The van der Waals surface area contributed by atoms with Gasteiger partial charge >= 0.3 is 17.9 Å². The van der Waals surface area contributed by atoms with Crippen molar-refractivity contribution in [1.29, 1.82) is 0 Å². The van der Waals surface area contributed by atoms with Crippen molar-refractivity contribution in [2.75, 3.05) is 0 Å². The molecule has 15 heteroatoms. The number of fused-ring (bicyclic) bond motifs is 6. The molecule has 2 aliphatic heterocycles. The number of carbonyl (C=O) groups is 3. The quantitative estimate of drug-likeness (QED) is 0.0847. The van der Waals surface area contributed by atoms with Gasteiger partial charge in [0.05, 0.1) is 31.0 Å². The Balaban J connectivity index is 0.000000205. The summed E-state index contributed by atoms with van der Waals surface area (Å²) in [6.45, 7) is 29.0. The predicted octanol–water partition coefficient (Wildman–Crippen LogP) is 8.50. The Labute approximate surface area is 411 Å². The Morgan fingerprint density at radius 3 is 1.41 bits per heavy atom. The average molecular weight is 991 g/mol. The minimum Gasteiger partial charge on any atom is -0.459 e. The molecule has 2 aromatic carbocycles. The summed E-state index contributed by atoms with van der Waals surface area (Å²) >= 11 is 0. The summed E-state index contributed by atoms with van der Waals surface area (Å²) in [6.07, 6.45) is -1.81. The first kappa shape index (κ1) is 53.3. The van der Waals surface area contributed by atoms with Gasteiger partial charge in [-0.15, -0.1) is 0 Å². The molecular weight excluding hydrogens is 913 g/mol. The van der Waals surface area contributed by atoms with E-state index in [1.807, 2.05) is 128 Å². The van der Waals surface area contributed by atoms with Gasteiger partial charge < -0.3 is 47.9 Å². The number of hydrogen-bond acceptors (Lipinski definition) is 13. The Kier molecular flexibility index (Phi) is 14.3. The molecule has 0 radical (unpaired) electrons. The smallest absolute Gasteiger partial charge is 0.341 e. The third-order valence-electron chi connectivity index (χ3n) is 16.1. The lowest BCUT2D eigenvalue weighted by atomic mass is 9.75. The van der Waals surface area contributed by atoms with Crippen molar-refractivity contribution in [2.24, 2.45) is 23.7 Å². The monoisotopic (exact) mass is 990 g/mol. The maximum atomic E-state index is 13.5. The first-order chi connectivity index (χ1) is 31.8. The number of hydrogen-bond donors (Lipinski definition) is 3. The van der Waals surface area contributed by atoms with Crippen molar-refractivity contribution in [3.05, 3.63) is 94.1 Å². The van der Waals surface area contributed by atoms with Crippen molar-refractivity contribution in [3.63, 3.8) is 0 Å². The van der Waals surface area contributed by atoms with Crippen LogP contribution in [0.4, 0.5) is 0 Å².